The molecular weight excluding hydrogens is 371 g/mol. The molecule has 5 nitrogen and oxygen atoms in total. The number of nitrogens with one attached hydrogen (secondary N) is 2. The van der Waals surface area contributed by atoms with E-state index in [0.717, 1.165) is 23.2 Å². The number of anilines is 2. The van der Waals surface area contributed by atoms with E-state index in [2.05, 4.69) is 24.5 Å². The topological polar surface area (TPSA) is 67.4 Å². The van der Waals surface area contributed by atoms with E-state index in [-0.39, 0.29) is 34.9 Å². The summed E-state index contributed by atoms with van der Waals surface area (Å²) in [5.74, 6) is -1.29. The smallest absolute Gasteiger partial charge is 0.337 e. The maximum Gasteiger partial charge on any atom is 0.337 e. The lowest BCUT2D eigenvalue weighted by molar-refractivity contribution is -0.118. The monoisotopic (exact) mass is 398 g/mol. The largest absolute Gasteiger partial charge is 0.465 e. The van der Waals surface area contributed by atoms with Gasteiger partial charge in [0.2, 0.25) is 5.91 Å². The van der Waals surface area contributed by atoms with Gasteiger partial charge in [-0.1, -0.05) is 33.8 Å². The molecule has 6 heteroatoms. The van der Waals surface area contributed by atoms with E-state index in [9.17, 15) is 14.0 Å². The molecule has 0 spiro atoms. The van der Waals surface area contributed by atoms with Gasteiger partial charge in [-0.2, -0.15) is 0 Å². The minimum absolute atomic E-state index is 0.0886. The molecule has 1 amide bonds. The molecule has 2 aromatic rings. The Labute approximate surface area is 170 Å². The summed E-state index contributed by atoms with van der Waals surface area (Å²) in [5.41, 5.74) is 3.34. The van der Waals surface area contributed by atoms with E-state index in [1.807, 2.05) is 12.1 Å². The van der Waals surface area contributed by atoms with Gasteiger partial charge in [0, 0.05) is 11.6 Å². The van der Waals surface area contributed by atoms with Crippen LogP contribution in [0.4, 0.5) is 15.8 Å². The molecule has 0 aromatic heterocycles. The zero-order valence-corrected chi connectivity index (χ0v) is 17.4. The van der Waals surface area contributed by atoms with E-state index in [1.54, 1.807) is 32.0 Å². The van der Waals surface area contributed by atoms with Crippen molar-refractivity contribution < 1.29 is 18.7 Å². The second-order valence-corrected chi connectivity index (χ2v) is 8.49. The predicted molar refractivity (Wildman–Crippen MR) is 111 cm³/mol. The molecular formula is C23H27FN2O3. The second-order valence-electron chi connectivity index (χ2n) is 8.49. The molecule has 1 atom stereocenters. The SMILES string of the molecule is COC(=O)c1ccc2c(c1)CC(C)(C)C(c1ccc(F)c(NC(=O)C(C)C)c1)N2. The number of hydrogen-bond donors (Lipinski definition) is 2. The Hall–Kier alpha value is -2.89. The molecule has 0 radical (unpaired) electrons. The molecule has 29 heavy (non-hydrogen) atoms. The number of esters is 1. The Morgan fingerprint density at radius 1 is 1.21 bits per heavy atom. The third-order valence-corrected chi connectivity index (χ3v) is 5.36. The minimum atomic E-state index is -0.459. The number of rotatable bonds is 4. The molecule has 0 bridgehead atoms. The summed E-state index contributed by atoms with van der Waals surface area (Å²) < 4.78 is 19.1. The van der Waals surface area contributed by atoms with Crippen molar-refractivity contribution in [1.29, 1.82) is 0 Å². The van der Waals surface area contributed by atoms with Gasteiger partial charge in [0.15, 0.2) is 0 Å². The van der Waals surface area contributed by atoms with E-state index >= 15 is 0 Å². The Balaban J connectivity index is 1.94. The van der Waals surface area contributed by atoms with Gasteiger partial charge in [-0.3, -0.25) is 4.79 Å². The summed E-state index contributed by atoms with van der Waals surface area (Å²) in [6.07, 6.45) is 0.732. The predicted octanol–water partition coefficient (Wildman–Crippen LogP) is 4.94. The van der Waals surface area contributed by atoms with Gasteiger partial charge >= 0.3 is 5.97 Å². The molecule has 1 aliphatic heterocycles. The lowest BCUT2D eigenvalue weighted by atomic mass is 9.72. The molecule has 2 N–H and O–H groups in total. The van der Waals surface area contributed by atoms with E-state index in [0.29, 0.717) is 5.56 Å². The van der Waals surface area contributed by atoms with Crippen LogP contribution in [-0.4, -0.2) is 19.0 Å². The summed E-state index contributed by atoms with van der Waals surface area (Å²) in [5, 5.41) is 6.19. The summed E-state index contributed by atoms with van der Waals surface area (Å²) in [4.78, 5) is 23.9. The normalized spacial score (nSPS) is 17.3. The van der Waals surface area contributed by atoms with Gasteiger partial charge < -0.3 is 15.4 Å². The molecule has 2 aromatic carbocycles. The number of carbonyl (C=O) groups excluding carboxylic acids is 2. The Morgan fingerprint density at radius 3 is 2.59 bits per heavy atom. The molecule has 3 rings (SSSR count). The second kappa shape index (κ2) is 7.85. The first-order chi connectivity index (χ1) is 13.6. The molecule has 0 saturated heterocycles. The van der Waals surface area contributed by atoms with Crippen LogP contribution in [0.15, 0.2) is 36.4 Å². The fourth-order valence-electron chi connectivity index (χ4n) is 3.70. The van der Waals surface area contributed by atoms with Gasteiger partial charge in [0.25, 0.3) is 0 Å². The zero-order valence-electron chi connectivity index (χ0n) is 17.4. The third-order valence-electron chi connectivity index (χ3n) is 5.36. The highest BCUT2D eigenvalue weighted by molar-refractivity contribution is 5.92. The fraction of sp³-hybridized carbons (Fsp3) is 0.391. The highest BCUT2D eigenvalue weighted by Gasteiger charge is 2.36. The first-order valence-electron chi connectivity index (χ1n) is 9.70. The number of fused-ring (bicyclic) bond motifs is 1. The van der Waals surface area contributed by atoms with Gasteiger partial charge in [-0.25, -0.2) is 9.18 Å². The van der Waals surface area contributed by atoms with E-state index in [1.165, 1.54) is 13.2 Å². The number of amides is 1. The van der Waals surface area contributed by atoms with Crippen LogP contribution in [0, 0.1) is 17.2 Å². The van der Waals surface area contributed by atoms with Crippen molar-refractivity contribution in [3.8, 4) is 0 Å². The lowest BCUT2D eigenvalue weighted by Crippen LogP contribution is -2.35. The summed E-state index contributed by atoms with van der Waals surface area (Å²) in [6, 6.07) is 10.2. The van der Waals surface area contributed by atoms with Crippen molar-refractivity contribution >= 4 is 23.3 Å². The number of halogens is 1. The van der Waals surface area contributed by atoms with Crippen LogP contribution < -0.4 is 10.6 Å². The van der Waals surface area contributed by atoms with E-state index < -0.39 is 5.82 Å². The van der Waals surface area contributed by atoms with Crippen molar-refractivity contribution in [2.45, 2.75) is 40.2 Å². The first-order valence-corrected chi connectivity index (χ1v) is 9.70. The van der Waals surface area contributed by atoms with E-state index in [4.69, 9.17) is 4.74 Å². The molecule has 1 unspecified atom stereocenters. The Bertz CT molecular complexity index is 953. The maximum absolute atomic E-state index is 14.3. The van der Waals surface area contributed by atoms with Crippen LogP contribution in [0.5, 0.6) is 0 Å². The van der Waals surface area contributed by atoms with Crippen LogP contribution in [0.25, 0.3) is 0 Å². The highest BCUT2D eigenvalue weighted by atomic mass is 19.1. The van der Waals surface area contributed by atoms with Crippen LogP contribution in [0.3, 0.4) is 0 Å². The highest BCUT2D eigenvalue weighted by Crippen LogP contribution is 2.45. The van der Waals surface area contributed by atoms with Crippen LogP contribution in [-0.2, 0) is 16.0 Å². The van der Waals surface area contributed by atoms with Crippen LogP contribution >= 0.6 is 0 Å². The molecule has 1 aliphatic rings. The molecule has 0 aliphatic carbocycles. The van der Waals surface area contributed by atoms with Crippen LogP contribution in [0.2, 0.25) is 0 Å². The number of hydrogen-bond acceptors (Lipinski definition) is 4. The zero-order chi connectivity index (χ0) is 21.3. The van der Waals surface area contributed by atoms with Gasteiger partial charge in [-0.05, 0) is 53.3 Å². The van der Waals surface area contributed by atoms with Gasteiger partial charge in [0.05, 0.1) is 24.4 Å². The van der Waals surface area contributed by atoms with Crippen molar-refractivity contribution in [2.75, 3.05) is 17.7 Å². The molecule has 1 heterocycles. The maximum atomic E-state index is 14.3. The van der Waals surface area contributed by atoms with Crippen molar-refractivity contribution in [3.63, 3.8) is 0 Å². The number of benzene rings is 2. The van der Waals surface area contributed by atoms with Crippen LogP contribution in [0.1, 0.15) is 55.2 Å². The standard InChI is InChI=1S/C23H27FN2O3/c1-13(2)21(27)26-19-11-14(6-8-17(19)24)20-23(3,4)12-16-10-15(22(28)29-5)7-9-18(16)25-20/h6-11,13,20,25H,12H2,1-5H3,(H,26,27). The quantitative estimate of drug-likeness (QED) is 0.716. The Kier molecular flexibility index (Phi) is 5.64. The third kappa shape index (κ3) is 4.26. The fourth-order valence-corrected chi connectivity index (χ4v) is 3.70. The molecule has 0 saturated carbocycles. The molecule has 0 fully saturated rings. The average Bonchev–Trinajstić information content (AvgIpc) is 2.67. The number of methoxy groups -OCH3 is 1. The van der Waals surface area contributed by atoms with Gasteiger partial charge in [-0.15, -0.1) is 0 Å². The minimum Gasteiger partial charge on any atom is -0.465 e. The summed E-state index contributed by atoms with van der Waals surface area (Å²) in [7, 11) is 1.37. The molecule has 154 valence electrons. The summed E-state index contributed by atoms with van der Waals surface area (Å²) >= 11 is 0. The first kappa shape index (κ1) is 20.8. The Morgan fingerprint density at radius 2 is 1.93 bits per heavy atom. The van der Waals surface area contributed by atoms with Crippen molar-refractivity contribution in [2.24, 2.45) is 11.3 Å². The number of carbonyl (C=O) groups is 2. The van der Waals surface area contributed by atoms with Crippen molar-refractivity contribution in [3.05, 3.63) is 58.9 Å². The van der Waals surface area contributed by atoms with Crippen molar-refractivity contribution in [1.82, 2.24) is 0 Å². The lowest BCUT2D eigenvalue weighted by Gasteiger charge is -2.41. The average molecular weight is 398 g/mol. The van der Waals surface area contributed by atoms with Gasteiger partial charge in [0.1, 0.15) is 5.82 Å². The number of ether oxygens (including phenoxy) is 1. The summed E-state index contributed by atoms with van der Waals surface area (Å²) in [6.45, 7) is 7.77.